The van der Waals surface area contributed by atoms with E-state index in [2.05, 4.69) is 15.5 Å². The molecule has 1 fully saturated rings. The molecule has 2 rings (SSSR count). The maximum Gasteiger partial charge on any atom is 0.225 e. The molecule has 1 aromatic carbocycles. The van der Waals surface area contributed by atoms with Gasteiger partial charge in [0, 0.05) is 31.6 Å². The monoisotopic (exact) mass is 423 g/mol. The van der Waals surface area contributed by atoms with Gasteiger partial charge in [0.25, 0.3) is 0 Å². The van der Waals surface area contributed by atoms with Crippen LogP contribution in [0.3, 0.4) is 0 Å². The van der Waals surface area contributed by atoms with Gasteiger partial charge in [-0.25, -0.2) is 0 Å². The molecule has 0 saturated carbocycles. The molecule has 1 heterocycles. The molecule has 2 N–H and O–H groups in total. The third-order valence-corrected chi connectivity index (χ3v) is 5.40. The normalized spacial score (nSPS) is 18.5. The van der Waals surface area contributed by atoms with Gasteiger partial charge < -0.3 is 29.7 Å². The molecule has 0 spiro atoms. The summed E-state index contributed by atoms with van der Waals surface area (Å²) in [5.41, 5.74) is 0.964. The first-order valence-electron chi connectivity index (χ1n) is 9.99. The van der Waals surface area contributed by atoms with Gasteiger partial charge in [0.05, 0.1) is 27.2 Å². The average molecular weight is 424 g/mol. The van der Waals surface area contributed by atoms with Crippen molar-refractivity contribution in [1.82, 2.24) is 15.5 Å². The number of carbonyl (C=O) groups is 1. The van der Waals surface area contributed by atoms with Crippen molar-refractivity contribution in [2.75, 3.05) is 41.0 Å². The molecule has 1 aliphatic rings. The fourth-order valence-corrected chi connectivity index (χ4v) is 3.99. The van der Waals surface area contributed by atoms with Crippen molar-refractivity contribution in [1.29, 1.82) is 0 Å². The number of likely N-dealkylation sites (tertiary alicyclic amines) is 1. The van der Waals surface area contributed by atoms with Crippen molar-refractivity contribution in [3.63, 3.8) is 0 Å². The maximum atomic E-state index is 12.9. The van der Waals surface area contributed by atoms with Crippen LogP contribution in [0.15, 0.2) is 12.1 Å². The Morgan fingerprint density at radius 2 is 1.79 bits per heavy atom. The van der Waals surface area contributed by atoms with Crippen molar-refractivity contribution in [2.45, 2.75) is 39.2 Å². The van der Waals surface area contributed by atoms with E-state index in [9.17, 15) is 4.79 Å². The first-order chi connectivity index (χ1) is 13.9. The van der Waals surface area contributed by atoms with E-state index >= 15 is 0 Å². The van der Waals surface area contributed by atoms with E-state index in [1.165, 1.54) is 0 Å². The molecular weight excluding hydrogens is 390 g/mol. The summed E-state index contributed by atoms with van der Waals surface area (Å²) in [4.78, 5) is 15.0. The van der Waals surface area contributed by atoms with Crippen LogP contribution in [0, 0.1) is 5.92 Å². The minimum Gasteiger partial charge on any atom is -0.493 e. The van der Waals surface area contributed by atoms with Crippen LogP contribution < -0.4 is 24.8 Å². The van der Waals surface area contributed by atoms with Crippen molar-refractivity contribution < 1.29 is 19.0 Å². The summed E-state index contributed by atoms with van der Waals surface area (Å²) in [7, 11) is 4.76. The van der Waals surface area contributed by atoms with Gasteiger partial charge in [-0.1, -0.05) is 6.92 Å². The lowest BCUT2D eigenvalue weighted by atomic mass is 9.88. The number of amides is 1. The first kappa shape index (κ1) is 23.1. The molecule has 7 nitrogen and oxygen atoms in total. The molecule has 0 aromatic heterocycles. The van der Waals surface area contributed by atoms with Gasteiger partial charge in [-0.3, -0.25) is 4.79 Å². The minimum absolute atomic E-state index is 0.0421. The van der Waals surface area contributed by atoms with Gasteiger partial charge in [-0.05, 0) is 50.2 Å². The van der Waals surface area contributed by atoms with Gasteiger partial charge in [-0.2, -0.15) is 0 Å². The highest BCUT2D eigenvalue weighted by atomic mass is 32.1. The summed E-state index contributed by atoms with van der Waals surface area (Å²) in [6.07, 6.45) is 0.893. The topological polar surface area (TPSA) is 72.1 Å². The Labute approximate surface area is 179 Å². The van der Waals surface area contributed by atoms with E-state index in [1.807, 2.05) is 32.9 Å². The summed E-state index contributed by atoms with van der Waals surface area (Å²) >= 11 is 5.57. The molecule has 0 unspecified atom stereocenters. The number of nitrogens with one attached hydrogen (secondary N) is 2. The average Bonchev–Trinajstić information content (AvgIpc) is 3.16. The molecule has 2 atom stereocenters. The summed E-state index contributed by atoms with van der Waals surface area (Å²) in [5, 5.41) is 6.99. The second-order valence-electron chi connectivity index (χ2n) is 7.47. The minimum atomic E-state index is -0.226. The molecule has 1 aliphatic heterocycles. The van der Waals surface area contributed by atoms with E-state index in [0.29, 0.717) is 42.0 Å². The van der Waals surface area contributed by atoms with Crippen LogP contribution in [-0.4, -0.2) is 62.9 Å². The van der Waals surface area contributed by atoms with Crippen LogP contribution in [0.5, 0.6) is 17.2 Å². The van der Waals surface area contributed by atoms with Gasteiger partial charge in [0.1, 0.15) is 0 Å². The number of nitrogens with zero attached hydrogens (tertiary/aromatic N) is 1. The summed E-state index contributed by atoms with van der Waals surface area (Å²) < 4.78 is 16.5. The van der Waals surface area contributed by atoms with Crippen LogP contribution in [0.2, 0.25) is 0 Å². The molecule has 0 bridgehead atoms. The molecule has 162 valence electrons. The summed E-state index contributed by atoms with van der Waals surface area (Å²) in [6, 6.07) is 4.08. The highest BCUT2D eigenvalue weighted by molar-refractivity contribution is 7.80. The summed E-state index contributed by atoms with van der Waals surface area (Å²) in [6.45, 7) is 8.00. The lowest BCUT2D eigenvalue weighted by molar-refractivity contribution is -0.124. The largest absolute Gasteiger partial charge is 0.493 e. The molecule has 29 heavy (non-hydrogen) atoms. The SMILES string of the molecule is CCCNC(=O)[C@@H]1CN(C(=S)NC(C)C)C[C@@H]1c1cc(OC)c(OC)c(OC)c1. The highest BCUT2D eigenvalue weighted by Gasteiger charge is 2.40. The van der Waals surface area contributed by atoms with Crippen LogP contribution in [-0.2, 0) is 4.79 Å². The van der Waals surface area contributed by atoms with Crippen LogP contribution in [0.1, 0.15) is 38.7 Å². The van der Waals surface area contributed by atoms with E-state index < -0.39 is 0 Å². The number of thiocarbonyl (C=S) groups is 1. The van der Waals surface area contributed by atoms with E-state index in [1.54, 1.807) is 21.3 Å². The van der Waals surface area contributed by atoms with Crippen LogP contribution in [0.4, 0.5) is 0 Å². The number of methoxy groups -OCH3 is 3. The Morgan fingerprint density at radius 1 is 1.17 bits per heavy atom. The third-order valence-electron chi connectivity index (χ3n) is 5.02. The van der Waals surface area contributed by atoms with Gasteiger partial charge in [0.2, 0.25) is 11.7 Å². The molecule has 0 radical (unpaired) electrons. The number of rotatable bonds is 8. The molecule has 1 saturated heterocycles. The third kappa shape index (κ3) is 5.44. The Kier molecular flexibility index (Phi) is 8.37. The standard InChI is InChI=1S/C21H33N3O4S/c1-7-8-22-20(25)16-12-24(21(29)23-13(2)3)11-15(16)14-9-17(26-4)19(28-6)18(10-14)27-5/h9-10,13,15-16H,7-8,11-12H2,1-6H3,(H,22,25)(H,23,29)/t15-,16-/m1/s1. The van der Waals surface area contributed by atoms with Crippen molar-refractivity contribution in [2.24, 2.45) is 5.92 Å². The fraction of sp³-hybridized carbons (Fsp3) is 0.619. The maximum absolute atomic E-state index is 12.9. The summed E-state index contributed by atoms with van der Waals surface area (Å²) in [5.74, 6) is 1.47. The number of hydrogen-bond donors (Lipinski definition) is 2. The van der Waals surface area contributed by atoms with E-state index in [4.69, 9.17) is 26.4 Å². The zero-order valence-electron chi connectivity index (χ0n) is 18.2. The lowest BCUT2D eigenvalue weighted by Crippen LogP contribution is -2.42. The van der Waals surface area contributed by atoms with Crippen molar-refractivity contribution in [3.05, 3.63) is 17.7 Å². The van der Waals surface area contributed by atoms with E-state index in [0.717, 1.165) is 12.0 Å². The molecular formula is C21H33N3O4S. The zero-order valence-corrected chi connectivity index (χ0v) is 19.0. The van der Waals surface area contributed by atoms with Crippen LogP contribution >= 0.6 is 12.2 Å². The van der Waals surface area contributed by atoms with E-state index in [-0.39, 0.29) is 23.8 Å². The number of carbonyl (C=O) groups excluding carboxylic acids is 1. The smallest absolute Gasteiger partial charge is 0.225 e. The lowest BCUT2D eigenvalue weighted by Gasteiger charge is -2.22. The Morgan fingerprint density at radius 3 is 2.28 bits per heavy atom. The predicted molar refractivity (Wildman–Crippen MR) is 118 cm³/mol. The van der Waals surface area contributed by atoms with Crippen molar-refractivity contribution >= 4 is 23.2 Å². The zero-order chi connectivity index (χ0) is 21.6. The van der Waals surface area contributed by atoms with Gasteiger partial charge >= 0.3 is 0 Å². The number of hydrogen-bond acceptors (Lipinski definition) is 5. The highest BCUT2D eigenvalue weighted by Crippen LogP contribution is 2.43. The molecule has 1 aromatic rings. The Balaban J connectivity index is 2.39. The Bertz CT molecular complexity index is 701. The molecule has 8 heteroatoms. The quantitative estimate of drug-likeness (QED) is 0.623. The van der Waals surface area contributed by atoms with Gasteiger partial charge in [0.15, 0.2) is 16.6 Å². The first-order valence-corrected chi connectivity index (χ1v) is 10.4. The second kappa shape index (κ2) is 10.5. The number of ether oxygens (including phenoxy) is 3. The second-order valence-corrected chi connectivity index (χ2v) is 7.86. The predicted octanol–water partition coefficient (Wildman–Crippen LogP) is 2.54. The van der Waals surface area contributed by atoms with Gasteiger partial charge in [-0.15, -0.1) is 0 Å². The molecule has 0 aliphatic carbocycles. The van der Waals surface area contributed by atoms with Crippen LogP contribution in [0.25, 0.3) is 0 Å². The Hall–Kier alpha value is -2.22. The molecule has 1 amide bonds. The number of benzene rings is 1. The van der Waals surface area contributed by atoms with Crippen molar-refractivity contribution in [3.8, 4) is 17.2 Å². The fourth-order valence-electron chi connectivity index (χ4n) is 3.61.